The van der Waals surface area contributed by atoms with Crippen LogP contribution in [0.25, 0.3) is 0 Å². The molecular formula is C11H16BrNO. The van der Waals surface area contributed by atoms with Gasteiger partial charge in [0.05, 0.1) is 0 Å². The van der Waals surface area contributed by atoms with Crippen LogP contribution in [0, 0.1) is 0 Å². The van der Waals surface area contributed by atoms with Gasteiger partial charge in [-0.1, -0.05) is 22.0 Å². The smallest absolute Gasteiger partial charge is 0.0434 e. The third-order valence-corrected chi connectivity index (χ3v) is 2.63. The van der Waals surface area contributed by atoms with Crippen molar-refractivity contribution in [3.05, 3.63) is 33.8 Å². The molecule has 0 radical (unpaired) electrons. The fraction of sp³-hybridized carbons (Fsp3) is 0.455. The molecule has 0 amide bonds. The van der Waals surface area contributed by atoms with E-state index < -0.39 is 0 Å². The molecule has 0 aliphatic rings. The summed E-state index contributed by atoms with van der Waals surface area (Å²) < 4.78 is 1.10. The summed E-state index contributed by atoms with van der Waals surface area (Å²) in [5, 5.41) is 11.9. The van der Waals surface area contributed by atoms with Gasteiger partial charge in [0.2, 0.25) is 0 Å². The molecular weight excluding hydrogens is 242 g/mol. The van der Waals surface area contributed by atoms with Gasteiger partial charge in [-0.25, -0.2) is 0 Å². The van der Waals surface area contributed by atoms with Gasteiger partial charge in [0.15, 0.2) is 0 Å². The highest BCUT2D eigenvalue weighted by molar-refractivity contribution is 9.10. The van der Waals surface area contributed by atoms with E-state index in [2.05, 4.69) is 39.4 Å². The zero-order valence-electron chi connectivity index (χ0n) is 8.39. The summed E-state index contributed by atoms with van der Waals surface area (Å²) in [6.07, 6.45) is 1.76. The van der Waals surface area contributed by atoms with Gasteiger partial charge in [0, 0.05) is 17.6 Å². The summed E-state index contributed by atoms with van der Waals surface area (Å²) in [7, 11) is 1.94. The first-order valence-corrected chi connectivity index (χ1v) is 5.60. The standard InChI is InChI=1S/C11H16BrNO/c1-13-8-10-4-5-11(12)7-9(10)3-2-6-14/h4-5,7,13-14H,2-3,6,8H2,1H3. The molecule has 0 bridgehead atoms. The zero-order valence-corrected chi connectivity index (χ0v) is 9.97. The van der Waals surface area contributed by atoms with Crippen molar-refractivity contribution in [2.24, 2.45) is 0 Å². The first-order valence-electron chi connectivity index (χ1n) is 4.80. The third-order valence-electron chi connectivity index (χ3n) is 2.14. The lowest BCUT2D eigenvalue weighted by molar-refractivity contribution is 0.288. The van der Waals surface area contributed by atoms with Crippen LogP contribution < -0.4 is 5.32 Å². The summed E-state index contributed by atoms with van der Waals surface area (Å²) in [5.74, 6) is 0. The molecule has 0 spiro atoms. The number of aliphatic hydroxyl groups is 1. The van der Waals surface area contributed by atoms with E-state index in [1.807, 2.05) is 7.05 Å². The van der Waals surface area contributed by atoms with Gasteiger partial charge in [-0.3, -0.25) is 0 Å². The molecule has 78 valence electrons. The predicted octanol–water partition coefficient (Wildman–Crippen LogP) is 2.09. The van der Waals surface area contributed by atoms with Crippen LogP contribution in [0.1, 0.15) is 17.5 Å². The molecule has 2 nitrogen and oxygen atoms in total. The topological polar surface area (TPSA) is 32.3 Å². The lowest BCUT2D eigenvalue weighted by Crippen LogP contribution is -2.08. The maximum atomic E-state index is 8.79. The van der Waals surface area contributed by atoms with Crippen molar-refractivity contribution < 1.29 is 5.11 Å². The van der Waals surface area contributed by atoms with Crippen LogP contribution in [0.3, 0.4) is 0 Å². The van der Waals surface area contributed by atoms with Crippen molar-refractivity contribution in [2.75, 3.05) is 13.7 Å². The van der Waals surface area contributed by atoms with Crippen molar-refractivity contribution in [1.29, 1.82) is 0 Å². The number of halogens is 1. The van der Waals surface area contributed by atoms with Crippen molar-refractivity contribution in [2.45, 2.75) is 19.4 Å². The Morgan fingerprint density at radius 2 is 2.14 bits per heavy atom. The number of hydrogen-bond donors (Lipinski definition) is 2. The molecule has 0 aliphatic heterocycles. The van der Waals surface area contributed by atoms with Crippen LogP contribution in [-0.2, 0) is 13.0 Å². The Bertz CT molecular complexity index is 289. The molecule has 0 saturated heterocycles. The Balaban J connectivity index is 2.79. The van der Waals surface area contributed by atoms with E-state index >= 15 is 0 Å². The molecule has 0 aromatic heterocycles. The number of aliphatic hydroxyl groups excluding tert-OH is 1. The van der Waals surface area contributed by atoms with Gasteiger partial charge in [0.1, 0.15) is 0 Å². The average Bonchev–Trinajstić information content (AvgIpc) is 2.18. The minimum Gasteiger partial charge on any atom is -0.396 e. The summed E-state index contributed by atoms with van der Waals surface area (Å²) >= 11 is 3.46. The van der Waals surface area contributed by atoms with E-state index in [1.165, 1.54) is 11.1 Å². The first-order chi connectivity index (χ1) is 6.77. The molecule has 0 unspecified atom stereocenters. The second-order valence-corrected chi connectivity index (χ2v) is 4.19. The van der Waals surface area contributed by atoms with E-state index in [4.69, 9.17) is 5.11 Å². The fourth-order valence-electron chi connectivity index (χ4n) is 1.46. The van der Waals surface area contributed by atoms with Crippen molar-refractivity contribution in [3.63, 3.8) is 0 Å². The first kappa shape index (κ1) is 11.7. The lowest BCUT2D eigenvalue weighted by Gasteiger charge is -2.09. The average molecular weight is 258 g/mol. The number of benzene rings is 1. The molecule has 3 heteroatoms. The van der Waals surface area contributed by atoms with Crippen LogP contribution >= 0.6 is 15.9 Å². The Morgan fingerprint density at radius 1 is 1.36 bits per heavy atom. The SMILES string of the molecule is CNCc1ccc(Br)cc1CCCO. The summed E-state index contributed by atoms with van der Waals surface area (Å²) in [4.78, 5) is 0. The van der Waals surface area contributed by atoms with Gasteiger partial charge in [-0.2, -0.15) is 0 Å². The fourth-order valence-corrected chi connectivity index (χ4v) is 1.87. The zero-order chi connectivity index (χ0) is 10.4. The molecule has 2 N–H and O–H groups in total. The number of rotatable bonds is 5. The van der Waals surface area contributed by atoms with Crippen LogP contribution in [0.5, 0.6) is 0 Å². The minimum atomic E-state index is 0.255. The van der Waals surface area contributed by atoms with E-state index in [0.29, 0.717) is 0 Å². The number of aryl methyl sites for hydroxylation is 1. The quantitative estimate of drug-likeness (QED) is 0.847. The van der Waals surface area contributed by atoms with E-state index in [0.717, 1.165) is 23.9 Å². The van der Waals surface area contributed by atoms with Crippen LogP contribution in [0.4, 0.5) is 0 Å². The van der Waals surface area contributed by atoms with Gasteiger partial charge >= 0.3 is 0 Å². The van der Waals surface area contributed by atoms with E-state index in [1.54, 1.807) is 0 Å². The van der Waals surface area contributed by atoms with Crippen molar-refractivity contribution >= 4 is 15.9 Å². The Labute approximate surface area is 93.5 Å². The molecule has 1 aromatic rings. The van der Waals surface area contributed by atoms with E-state index in [-0.39, 0.29) is 6.61 Å². The summed E-state index contributed by atoms with van der Waals surface area (Å²) in [5.41, 5.74) is 2.62. The van der Waals surface area contributed by atoms with Crippen LogP contribution in [0.15, 0.2) is 22.7 Å². The maximum absolute atomic E-state index is 8.79. The van der Waals surface area contributed by atoms with Crippen LogP contribution in [0.2, 0.25) is 0 Å². The molecule has 0 fully saturated rings. The molecule has 0 heterocycles. The Morgan fingerprint density at radius 3 is 2.79 bits per heavy atom. The molecule has 1 rings (SSSR count). The third kappa shape index (κ3) is 3.40. The van der Waals surface area contributed by atoms with Crippen molar-refractivity contribution in [1.82, 2.24) is 5.32 Å². The molecule has 0 saturated carbocycles. The second kappa shape index (κ2) is 6.17. The highest BCUT2D eigenvalue weighted by Gasteiger charge is 2.02. The predicted molar refractivity (Wildman–Crippen MR) is 62.3 cm³/mol. The largest absolute Gasteiger partial charge is 0.396 e. The summed E-state index contributed by atoms with van der Waals surface area (Å²) in [6, 6.07) is 6.30. The maximum Gasteiger partial charge on any atom is 0.0434 e. The molecule has 1 aromatic carbocycles. The molecule has 0 atom stereocenters. The highest BCUT2D eigenvalue weighted by atomic mass is 79.9. The van der Waals surface area contributed by atoms with Gasteiger partial charge in [0.25, 0.3) is 0 Å². The lowest BCUT2D eigenvalue weighted by atomic mass is 10.0. The second-order valence-electron chi connectivity index (χ2n) is 3.27. The highest BCUT2D eigenvalue weighted by Crippen LogP contribution is 2.18. The van der Waals surface area contributed by atoms with Crippen LogP contribution in [-0.4, -0.2) is 18.8 Å². The normalized spacial score (nSPS) is 10.5. The van der Waals surface area contributed by atoms with E-state index in [9.17, 15) is 0 Å². The monoisotopic (exact) mass is 257 g/mol. The molecule has 14 heavy (non-hydrogen) atoms. The van der Waals surface area contributed by atoms with Crippen molar-refractivity contribution in [3.8, 4) is 0 Å². The Hall–Kier alpha value is -0.380. The summed E-state index contributed by atoms with van der Waals surface area (Å²) in [6.45, 7) is 1.14. The van der Waals surface area contributed by atoms with Gasteiger partial charge in [-0.05, 0) is 43.1 Å². The Kier molecular flexibility index (Phi) is 5.15. The molecule has 0 aliphatic carbocycles. The minimum absolute atomic E-state index is 0.255. The van der Waals surface area contributed by atoms with Gasteiger partial charge < -0.3 is 10.4 Å². The number of nitrogens with one attached hydrogen (secondary N) is 1. The van der Waals surface area contributed by atoms with Gasteiger partial charge in [-0.15, -0.1) is 0 Å². The number of hydrogen-bond acceptors (Lipinski definition) is 2.